The van der Waals surface area contributed by atoms with Gasteiger partial charge in [0, 0.05) is 0 Å². The van der Waals surface area contributed by atoms with Gasteiger partial charge in [-0.2, -0.15) is 0 Å². The van der Waals surface area contributed by atoms with Crippen molar-refractivity contribution in [2.75, 3.05) is 6.54 Å². The second-order valence-corrected chi connectivity index (χ2v) is 2.58. The van der Waals surface area contributed by atoms with Crippen LogP contribution in [0.5, 0.6) is 0 Å². The molecule has 0 rings (SSSR count). The molecule has 0 amide bonds. The third kappa shape index (κ3) is 5.62. The van der Waals surface area contributed by atoms with E-state index in [-0.39, 0.29) is 0 Å². The Morgan fingerprint density at radius 1 is 1.45 bits per heavy atom. The van der Waals surface area contributed by atoms with Gasteiger partial charge in [0.15, 0.2) is 0 Å². The summed E-state index contributed by atoms with van der Waals surface area (Å²) in [6.07, 6.45) is 7.09. The van der Waals surface area contributed by atoms with E-state index in [4.69, 9.17) is 5.73 Å². The van der Waals surface area contributed by atoms with E-state index in [1.807, 2.05) is 19.9 Å². The first-order valence-electron chi connectivity index (χ1n) is 3.89. The summed E-state index contributed by atoms with van der Waals surface area (Å²) in [5.74, 6) is 0. The quantitative estimate of drug-likeness (QED) is 0.613. The molecule has 0 aromatic carbocycles. The molecule has 1 nitrogen and oxygen atoms in total. The van der Waals surface area contributed by atoms with Gasteiger partial charge in [-0.3, -0.25) is 0 Å². The summed E-state index contributed by atoms with van der Waals surface area (Å²) in [7, 11) is 0. The molecule has 0 heterocycles. The number of nitrogens with two attached hydrogens (primary N) is 1. The average Bonchev–Trinajstić information content (AvgIpc) is 1.97. The van der Waals surface area contributed by atoms with Gasteiger partial charge in [-0.1, -0.05) is 36.0 Å². The summed E-state index contributed by atoms with van der Waals surface area (Å²) < 4.78 is 0. The highest BCUT2D eigenvalue weighted by molar-refractivity contribution is 5.24. The van der Waals surface area contributed by atoms with Gasteiger partial charge in [0.2, 0.25) is 0 Å². The maximum Gasteiger partial charge on any atom is -0.00368 e. The molecule has 1 heteroatoms. The molecule has 0 bridgehead atoms. The standard InChI is InChI=1S/C10H17N/c1-4-10(7-8-11)6-5-9(2)3/h4-6H,2,7-8,11H2,1,3H3/b6-5-,10-4+. The van der Waals surface area contributed by atoms with Crippen LogP contribution in [0.25, 0.3) is 0 Å². The lowest BCUT2D eigenvalue weighted by molar-refractivity contribution is 0.970. The molecule has 0 aliphatic heterocycles. The summed E-state index contributed by atoms with van der Waals surface area (Å²) in [5, 5.41) is 0. The van der Waals surface area contributed by atoms with Crippen LogP contribution >= 0.6 is 0 Å². The molecule has 0 saturated heterocycles. The first kappa shape index (κ1) is 10.2. The minimum atomic E-state index is 0.709. The SMILES string of the molecule is C=C(C)/C=C\C(=C/C)CCN. The van der Waals surface area contributed by atoms with E-state index >= 15 is 0 Å². The molecule has 0 aromatic rings. The van der Waals surface area contributed by atoms with Crippen molar-refractivity contribution in [2.45, 2.75) is 20.3 Å². The fourth-order valence-electron chi connectivity index (χ4n) is 0.740. The lowest BCUT2D eigenvalue weighted by Crippen LogP contribution is -1.98. The maximum atomic E-state index is 5.41. The highest BCUT2D eigenvalue weighted by Crippen LogP contribution is 2.03. The van der Waals surface area contributed by atoms with Crippen LogP contribution in [0, 0.1) is 0 Å². The number of allylic oxidation sites excluding steroid dienone is 4. The molecular weight excluding hydrogens is 134 g/mol. The van der Waals surface area contributed by atoms with Gasteiger partial charge in [-0.05, 0) is 26.8 Å². The van der Waals surface area contributed by atoms with Gasteiger partial charge >= 0.3 is 0 Å². The van der Waals surface area contributed by atoms with Crippen molar-refractivity contribution in [1.82, 2.24) is 0 Å². The third-order valence-electron chi connectivity index (χ3n) is 1.39. The van der Waals surface area contributed by atoms with Crippen LogP contribution < -0.4 is 5.73 Å². The molecule has 0 unspecified atom stereocenters. The van der Waals surface area contributed by atoms with Crippen LogP contribution in [0.2, 0.25) is 0 Å². The Hall–Kier alpha value is -0.820. The maximum absolute atomic E-state index is 5.41. The second kappa shape index (κ2) is 5.93. The zero-order valence-electron chi connectivity index (χ0n) is 7.43. The van der Waals surface area contributed by atoms with E-state index < -0.39 is 0 Å². The van der Waals surface area contributed by atoms with Crippen molar-refractivity contribution in [3.8, 4) is 0 Å². The van der Waals surface area contributed by atoms with Crippen LogP contribution in [0.15, 0.2) is 36.0 Å². The van der Waals surface area contributed by atoms with Crippen molar-refractivity contribution >= 4 is 0 Å². The minimum Gasteiger partial charge on any atom is -0.330 e. The lowest BCUT2D eigenvalue weighted by atomic mass is 10.1. The Balaban J connectivity index is 3.98. The van der Waals surface area contributed by atoms with Crippen molar-refractivity contribution in [1.29, 1.82) is 0 Å². The van der Waals surface area contributed by atoms with E-state index in [0.29, 0.717) is 6.54 Å². The molecule has 0 saturated carbocycles. The first-order chi connectivity index (χ1) is 5.20. The van der Waals surface area contributed by atoms with Gasteiger partial charge in [0.05, 0.1) is 0 Å². The highest BCUT2D eigenvalue weighted by Gasteiger charge is 1.86. The van der Waals surface area contributed by atoms with E-state index in [0.717, 1.165) is 12.0 Å². The third-order valence-corrected chi connectivity index (χ3v) is 1.39. The van der Waals surface area contributed by atoms with Gasteiger partial charge < -0.3 is 5.73 Å². The molecule has 0 aliphatic rings. The van der Waals surface area contributed by atoms with Crippen LogP contribution in [-0.2, 0) is 0 Å². The fraction of sp³-hybridized carbons (Fsp3) is 0.400. The van der Waals surface area contributed by atoms with E-state index in [1.165, 1.54) is 5.57 Å². The predicted octanol–water partition coefficient (Wildman–Crippen LogP) is 2.41. The molecule has 2 N–H and O–H groups in total. The number of hydrogen-bond donors (Lipinski definition) is 1. The van der Waals surface area contributed by atoms with Gasteiger partial charge in [-0.25, -0.2) is 0 Å². The van der Waals surface area contributed by atoms with Crippen molar-refractivity contribution in [3.05, 3.63) is 36.0 Å². The van der Waals surface area contributed by atoms with Crippen molar-refractivity contribution in [3.63, 3.8) is 0 Å². The second-order valence-electron chi connectivity index (χ2n) is 2.58. The molecule has 0 radical (unpaired) electrons. The molecule has 0 atom stereocenters. The topological polar surface area (TPSA) is 26.0 Å². The minimum absolute atomic E-state index is 0.709. The number of rotatable bonds is 4. The Kier molecular flexibility index (Phi) is 5.49. The molecule has 0 spiro atoms. The first-order valence-corrected chi connectivity index (χ1v) is 3.89. The summed E-state index contributed by atoms with van der Waals surface area (Å²) in [6.45, 7) is 8.48. The Morgan fingerprint density at radius 2 is 2.09 bits per heavy atom. The Bertz CT molecular complexity index is 175. The molecular formula is C10H17N. The Labute approximate surface area is 69.3 Å². The van der Waals surface area contributed by atoms with E-state index in [2.05, 4.69) is 18.7 Å². The van der Waals surface area contributed by atoms with Crippen LogP contribution in [0.4, 0.5) is 0 Å². The summed E-state index contributed by atoms with van der Waals surface area (Å²) in [6, 6.07) is 0. The zero-order chi connectivity index (χ0) is 8.69. The zero-order valence-corrected chi connectivity index (χ0v) is 7.43. The monoisotopic (exact) mass is 151 g/mol. The molecule has 0 aliphatic carbocycles. The summed E-state index contributed by atoms with van der Waals surface area (Å²) in [5.41, 5.74) is 7.76. The number of hydrogen-bond acceptors (Lipinski definition) is 1. The largest absolute Gasteiger partial charge is 0.330 e. The van der Waals surface area contributed by atoms with Gasteiger partial charge in [-0.15, -0.1) is 0 Å². The van der Waals surface area contributed by atoms with Crippen LogP contribution in [0.1, 0.15) is 20.3 Å². The summed E-state index contributed by atoms with van der Waals surface area (Å²) in [4.78, 5) is 0. The van der Waals surface area contributed by atoms with E-state index in [9.17, 15) is 0 Å². The average molecular weight is 151 g/mol. The van der Waals surface area contributed by atoms with Gasteiger partial charge in [0.1, 0.15) is 0 Å². The molecule has 62 valence electrons. The highest BCUT2D eigenvalue weighted by atomic mass is 14.5. The van der Waals surface area contributed by atoms with Crippen LogP contribution in [0.3, 0.4) is 0 Å². The van der Waals surface area contributed by atoms with E-state index in [1.54, 1.807) is 0 Å². The van der Waals surface area contributed by atoms with Crippen molar-refractivity contribution < 1.29 is 0 Å². The normalized spacial score (nSPS) is 12.5. The van der Waals surface area contributed by atoms with Crippen molar-refractivity contribution in [2.24, 2.45) is 5.73 Å². The van der Waals surface area contributed by atoms with Gasteiger partial charge in [0.25, 0.3) is 0 Å². The molecule has 0 aromatic heterocycles. The summed E-state index contributed by atoms with van der Waals surface area (Å²) >= 11 is 0. The van der Waals surface area contributed by atoms with Crippen LogP contribution in [-0.4, -0.2) is 6.54 Å². The Morgan fingerprint density at radius 3 is 2.45 bits per heavy atom. The lowest BCUT2D eigenvalue weighted by Gasteiger charge is -1.96. The fourth-order valence-corrected chi connectivity index (χ4v) is 0.740. The predicted molar refractivity (Wildman–Crippen MR) is 51.4 cm³/mol. The molecule has 11 heavy (non-hydrogen) atoms. The molecule has 0 fully saturated rings. The smallest absolute Gasteiger partial charge is 0.00368 e.